The van der Waals surface area contributed by atoms with Crippen LogP contribution in [0.1, 0.15) is 46.6 Å². The van der Waals surface area contributed by atoms with E-state index in [0.717, 1.165) is 40.7 Å². The summed E-state index contributed by atoms with van der Waals surface area (Å²) in [6.45, 7) is 5.80. The van der Waals surface area contributed by atoms with E-state index in [-0.39, 0.29) is 19.1 Å². The zero-order chi connectivity index (χ0) is 22.8. The number of aryl methyl sites for hydroxylation is 1. The maximum Gasteiger partial charge on any atom is 0.341 e. The van der Waals surface area contributed by atoms with Crippen LogP contribution in [0.4, 0.5) is 5.00 Å². The molecular weight excluding hydrogens is 430 g/mol. The van der Waals surface area contributed by atoms with Gasteiger partial charge in [0, 0.05) is 22.4 Å². The number of rotatable bonds is 6. The van der Waals surface area contributed by atoms with Crippen LogP contribution in [0, 0.1) is 12.8 Å². The quantitative estimate of drug-likeness (QED) is 0.435. The van der Waals surface area contributed by atoms with Crippen molar-refractivity contribution in [1.29, 1.82) is 0 Å². The van der Waals surface area contributed by atoms with Crippen molar-refractivity contribution < 1.29 is 23.5 Å². The van der Waals surface area contributed by atoms with E-state index >= 15 is 0 Å². The predicted molar refractivity (Wildman–Crippen MR) is 123 cm³/mol. The molecule has 0 spiro atoms. The molecule has 0 radical (unpaired) electrons. The van der Waals surface area contributed by atoms with Gasteiger partial charge in [0.15, 0.2) is 6.61 Å². The average molecular weight is 456 g/mol. The minimum Gasteiger partial charge on any atom is -0.484 e. The van der Waals surface area contributed by atoms with Crippen LogP contribution in [0.5, 0.6) is 5.75 Å². The summed E-state index contributed by atoms with van der Waals surface area (Å²) in [6.07, 6.45) is 2.69. The number of ether oxygens (including phenoxy) is 2. The molecule has 2 aromatic heterocycles. The number of anilines is 1. The first-order chi connectivity index (χ1) is 15.4. The molecule has 0 fully saturated rings. The van der Waals surface area contributed by atoms with Crippen molar-refractivity contribution in [3.63, 3.8) is 0 Å². The van der Waals surface area contributed by atoms with Crippen molar-refractivity contribution in [2.75, 3.05) is 18.5 Å². The number of nitrogens with one attached hydrogen (secondary N) is 1. The Morgan fingerprint density at radius 1 is 1.28 bits per heavy atom. The van der Waals surface area contributed by atoms with Gasteiger partial charge in [0.25, 0.3) is 5.91 Å². The van der Waals surface area contributed by atoms with E-state index in [9.17, 15) is 14.4 Å². The lowest BCUT2D eigenvalue weighted by Gasteiger charge is -2.18. The van der Waals surface area contributed by atoms with Crippen LogP contribution in [-0.4, -0.2) is 25.1 Å². The summed E-state index contributed by atoms with van der Waals surface area (Å²) in [7, 11) is 0. The average Bonchev–Trinajstić information content (AvgIpc) is 3.08. The standard InChI is InChI=1S/C24H25NO6S/c1-4-29-24(28)22-17-7-5-13(2)9-19(17)32-23(22)25-20(26)12-30-15-6-8-16-14(3)10-21(27)31-18(16)11-15/h6,8,10-11,13H,4-5,7,9,12H2,1-3H3,(H,25,26)/t13-/m0/s1. The van der Waals surface area contributed by atoms with Crippen molar-refractivity contribution >= 4 is 39.2 Å². The van der Waals surface area contributed by atoms with Crippen LogP contribution in [0.2, 0.25) is 0 Å². The third-order valence-electron chi connectivity index (χ3n) is 5.54. The van der Waals surface area contributed by atoms with Crippen LogP contribution < -0.4 is 15.7 Å². The summed E-state index contributed by atoms with van der Waals surface area (Å²) in [4.78, 5) is 37.9. The van der Waals surface area contributed by atoms with Crippen LogP contribution in [-0.2, 0) is 22.4 Å². The Labute approximate surface area is 189 Å². The Bertz CT molecular complexity index is 1240. The maximum atomic E-state index is 12.6. The van der Waals surface area contributed by atoms with Crippen LogP contribution in [0.15, 0.2) is 33.5 Å². The second kappa shape index (κ2) is 9.16. The van der Waals surface area contributed by atoms with Crippen molar-refractivity contribution in [3.8, 4) is 5.75 Å². The molecule has 1 aromatic carbocycles. The number of carbonyl (C=O) groups excluding carboxylic acids is 2. The summed E-state index contributed by atoms with van der Waals surface area (Å²) < 4.78 is 16.1. The van der Waals surface area contributed by atoms with E-state index < -0.39 is 11.6 Å². The van der Waals surface area contributed by atoms with Gasteiger partial charge in [-0.25, -0.2) is 9.59 Å². The number of fused-ring (bicyclic) bond motifs is 2. The van der Waals surface area contributed by atoms with Crippen LogP contribution in [0.25, 0.3) is 11.0 Å². The molecule has 0 aliphatic heterocycles. The molecule has 4 rings (SSSR count). The molecule has 7 nitrogen and oxygen atoms in total. The lowest BCUT2D eigenvalue weighted by molar-refractivity contribution is -0.118. The van der Waals surface area contributed by atoms with E-state index in [0.29, 0.717) is 27.8 Å². The molecule has 8 heteroatoms. The number of hydrogen-bond donors (Lipinski definition) is 1. The minimum atomic E-state index is -0.438. The Morgan fingerprint density at radius 2 is 2.09 bits per heavy atom. The van der Waals surface area contributed by atoms with Gasteiger partial charge < -0.3 is 19.2 Å². The lowest BCUT2D eigenvalue weighted by Crippen LogP contribution is -2.21. The first kappa shape index (κ1) is 22.1. The fourth-order valence-corrected chi connectivity index (χ4v) is 5.38. The summed E-state index contributed by atoms with van der Waals surface area (Å²) in [6, 6.07) is 6.52. The number of esters is 1. The SMILES string of the molecule is CCOC(=O)c1c(NC(=O)COc2ccc3c(C)cc(=O)oc3c2)sc2c1CC[C@H](C)C2. The third kappa shape index (κ3) is 4.55. The van der Waals surface area contributed by atoms with Gasteiger partial charge in [0.1, 0.15) is 16.3 Å². The molecule has 1 amide bonds. The summed E-state index contributed by atoms with van der Waals surface area (Å²) >= 11 is 1.44. The predicted octanol–water partition coefficient (Wildman–Crippen LogP) is 4.48. The number of hydrogen-bond acceptors (Lipinski definition) is 7. The zero-order valence-corrected chi connectivity index (χ0v) is 19.1. The molecular formula is C24H25NO6S. The fourth-order valence-electron chi connectivity index (χ4n) is 3.96. The third-order valence-corrected chi connectivity index (χ3v) is 6.71. The van der Waals surface area contributed by atoms with Gasteiger partial charge >= 0.3 is 11.6 Å². The highest BCUT2D eigenvalue weighted by atomic mass is 32.1. The molecule has 1 N–H and O–H groups in total. The molecule has 1 atom stereocenters. The zero-order valence-electron chi connectivity index (χ0n) is 18.3. The van der Waals surface area contributed by atoms with Crippen molar-refractivity contribution in [1.82, 2.24) is 0 Å². The number of carbonyl (C=O) groups is 2. The smallest absolute Gasteiger partial charge is 0.341 e. The first-order valence-corrected chi connectivity index (χ1v) is 11.5. The monoisotopic (exact) mass is 455 g/mol. The Balaban J connectivity index is 1.50. The van der Waals surface area contributed by atoms with Gasteiger partial charge in [-0.15, -0.1) is 11.3 Å². The highest BCUT2D eigenvalue weighted by molar-refractivity contribution is 7.17. The van der Waals surface area contributed by atoms with E-state index in [4.69, 9.17) is 13.9 Å². The normalized spacial score (nSPS) is 15.3. The minimum absolute atomic E-state index is 0.247. The number of thiophene rings is 1. The second-order valence-corrected chi connectivity index (χ2v) is 9.12. The molecule has 32 heavy (non-hydrogen) atoms. The highest BCUT2D eigenvalue weighted by Crippen LogP contribution is 2.40. The molecule has 1 aliphatic carbocycles. The topological polar surface area (TPSA) is 94.8 Å². The molecule has 3 aromatic rings. The van der Waals surface area contributed by atoms with Gasteiger partial charge in [-0.3, -0.25) is 4.79 Å². The maximum absolute atomic E-state index is 12.6. The number of amides is 1. The Kier molecular flexibility index (Phi) is 6.32. The van der Waals surface area contributed by atoms with Gasteiger partial charge in [-0.2, -0.15) is 0 Å². The van der Waals surface area contributed by atoms with Gasteiger partial charge in [-0.05, 0) is 62.3 Å². The van der Waals surface area contributed by atoms with Crippen LogP contribution in [0.3, 0.4) is 0 Å². The van der Waals surface area contributed by atoms with Crippen LogP contribution >= 0.6 is 11.3 Å². The molecule has 168 valence electrons. The molecule has 0 unspecified atom stereocenters. The van der Waals surface area contributed by atoms with E-state index in [1.807, 2.05) is 6.92 Å². The first-order valence-electron chi connectivity index (χ1n) is 10.6. The van der Waals surface area contributed by atoms with Gasteiger partial charge in [0.2, 0.25) is 0 Å². The fraction of sp³-hybridized carbons (Fsp3) is 0.375. The molecule has 0 saturated heterocycles. The van der Waals surface area contributed by atoms with Crippen molar-refractivity contribution in [2.24, 2.45) is 5.92 Å². The van der Waals surface area contributed by atoms with E-state index in [2.05, 4.69) is 12.2 Å². The van der Waals surface area contributed by atoms with E-state index in [1.165, 1.54) is 17.4 Å². The number of benzene rings is 1. The Hall–Kier alpha value is -3.13. The van der Waals surface area contributed by atoms with Crippen molar-refractivity contribution in [3.05, 3.63) is 56.3 Å². The molecule has 2 heterocycles. The van der Waals surface area contributed by atoms with E-state index in [1.54, 1.807) is 25.1 Å². The van der Waals surface area contributed by atoms with Crippen molar-refractivity contribution in [2.45, 2.75) is 40.0 Å². The van der Waals surface area contributed by atoms with Gasteiger partial charge in [-0.1, -0.05) is 6.92 Å². The Morgan fingerprint density at radius 3 is 2.88 bits per heavy atom. The molecule has 1 aliphatic rings. The summed E-state index contributed by atoms with van der Waals surface area (Å²) in [5, 5.41) is 4.14. The second-order valence-electron chi connectivity index (χ2n) is 8.02. The van der Waals surface area contributed by atoms with Gasteiger partial charge in [0.05, 0.1) is 12.2 Å². The molecule has 0 bridgehead atoms. The highest BCUT2D eigenvalue weighted by Gasteiger charge is 2.29. The summed E-state index contributed by atoms with van der Waals surface area (Å²) in [5.41, 5.74) is 2.23. The lowest BCUT2D eigenvalue weighted by atomic mass is 9.88. The largest absolute Gasteiger partial charge is 0.484 e. The molecule has 0 saturated carbocycles. The summed E-state index contributed by atoms with van der Waals surface area (Å²) in [5.74, 6) is 0.162.